The van der Waals surface area contributed by atoms with Crippen LogP contribution in [0.2, 0.25) is 0 Å². The van der Waals surface area contributed by atoms with Crippen LogP contribution in [-0.4, -0.2) is 19.5 Å². The van der Waals surface area contributed by atoms with Crippen molar-refractivity contribution >= 4 is 21.8 Å². The van der Waals surface area contributed by atoms with E-state index in [0.29, 0.717) is 28.6 Å². The molecule has 0 fully saturated rings. The van der Waals surface area contributed by atoms with Gasteiger partial charge in [0.1, 0.15) is 11.6 Å². The molecule has 0 radical (unpaired) electrons. The van der Waals surface area contributed by atoms with Gasteiger partial charge in [-0.2, -0.15) is 5.26 Å². The number of benzene rings is 5. The molecule has 2 heterocycles. The first-order chi connectivity index (χ1) is 20.1. The second-order valence-corrected chi connectivity index (χ2v) is 10.1. The third kappa shape index (κ3) is 4.32. The van der Waals surface area contributed by atoms with E-state index < -0.39 is 0 Å². The van der Waals surface area contributed by atoms with Crippen molar-refractivity contribution in [2.45, 2.75) is 13.8 Å². The van der Waals surface area contributed by atoms with E-state index in [1.54, 1.807) is 0 Å². The van der Waals surface area contributed by atoms with Crippen LogP contribution < -0.4 is 0 Å². The Balaban J connectivity index is 1.50. The SMILES string of the molecule is Cc1nc(C)nc(-c2ccc(-n3c4cc(-c5ccccc5)ccc4c4ccc(-c5ccccc5)cc43)cc2C#N)n1. The van der Waals surface area contributed by atoms with Crippen LogP contribution >= 0.6 is 0 Å². The highest BCUT2D eigenvalue weighted by molar-refractivity contribution is 6.11. The van der Waals surface area contributed by atoms with Crippen molar-refractivity contribution < 1.29 is 0 Å². The van der Waals surface area contributed by atoms with Crippen LogP contribution in [0.5, 0.6) is 0 Å². The van der Waals surface area contributed by atoms with Gasteiger partial charge in [-0.05, 0) is 66.4 Å². The van der Waals surface area contributed by atoms with Gasteiger partial charge in [-0.1, -0.05) is 84.9 Å². The molecule has 0 spiro atoms. The van der Waals surface area contributed by atoms with E-state index in [4.69, 9.17) is 0 Å². The number of rotatable bonds is 4. The van der Waals surface area contributed by atoms with E-state index in [1.807, 2.05) is 44.2 Å². The summed E-state index contributed by atoms with van der Waals surface area (Å²) >= 11 is 0. The van der Waals surface area contributed by atoms with E-state index in [9.17, 15) is 5.26 Å². The molecule has 0 saturated heterocycles. The Kier molecular flexibility index (Phi) is 5.88. The lowest BCUT2D eigenvalue weighted by Gasteiger charge is -2.12. The topological polar surface area (TPSA) is 67.4 Å². The fourth-order valence-electron chi connectivity index (χ4n) is 5.61. The smallest absolute Gasteiger partial charge is 0.164 e. The van der Waals surface area contributed by atoms with Crippen LogP contribution in [0.3, 0.4) is 0 Å². The Morgan fingerprint density at radius 2 is 1.10 bits per heavy atom. The molecule has 7 aromatic rings. The summed E-state index contributed by atoms with van der Waals surface area (Å²) in [7, 11) is 0. The average molecular weight is 528 g/mol. The fraction of sp³-hybridized carbons (Fsp3) is 0.0556. The quantitative estimate of drug-likeness (QED) is 0.230. The van der Waals surface area contributed by atoms with Crippen LogP contribution in [0.25, 0.3) is 61.1 Å². The molecule has 5 nitrogen and oxygen atoms in total. The molecule has 194 valence electrons. The van der Waals surface area contributed by atoms with E-state index in [1.165, 1.54) is 0 Å². The summed E-state index contributed by atoms with van der Waals surface area (Å²) in [5.74, 6) is 1.77. The third-order valence-corrected chi connectivity index (χ3v) is 7.46. The molecule has 0 amide bonds. The number of aryl methyl sites for hydroxylation is 2. The van der Waals surface area contributed by atoms with Gasteiger partial charge in [0.15, 0.2) is 5.82 Å². The second-order valence-electron chi connectivity index (χ2n) is 10.1. The zero-order valence-electron chi connectivity index (χ0n) is 22.7. The first-order valence-electron chi connectivity index (χ1n) is 13.5. The predicted octanol–water partition coefficient (Wildman–Crippen LogP) is 8.46. The first-order valence-corrected chi connectivity index (χ1v) is 13.5. The Labute approximate surface area is 238 Å². The van der Waals surface area contributed by atoms with Crippen molar-refractivity contribution in [3.8, 4) is 45.4 Å². The van der Waals surface area contributed by atoms with Crippen LogP contribution in [0.15, 0.2) is 115 Å². The minimum Gasteiger partial charge on any atom is -0.309 e. The van der Waals surface area contributed by atoms with Gasteiger partial charge >= 0.3 is 0 Å². The molecule has 0 N–H and O–H groups in total. The van der Waals surface area contributed by atoms with Crippen molar-refractivity contribution in [1.29, 1.82) is 5.26 Å². The summed E-state index contributed by atoms with van der Waals surface area (Å²) in [6, 6.07) is 42.4. The Bertz CT molecular complexity index is 2000. The molecule has 5 aromatic carbocycles. The second kappa shape index (κ2) is 9.86. The monoisotopic (exact) mass is 527 g/mol. The molecule has 0 atom stereocenters. The van der Waals surface area contributed by atoms with Crippen molar-refractivity contribution in [3.05, 3.63) is 132 Å². The van der Waals surface area contributed by atoms with Gasteiger partial charge in [0.05, 0.1) is 22.7 Å². The zero-order valence-corrected chi connectivity index (χ0v) is 22.7. The standard InChI is InChI=1S/C36H25N5/c1-23-38-24(2)40-36(39-23)31-18-15-30(19-29(31)22-37)41-34-20-27(25-9-5-3-6-10-25)13-16-32(34)33-17-14-28(21-35(33)41)26-11-7-4-8-12-26/h3-21H,1-2H3. The Hall–Kier alpha value is -5.60. The maximum absolute atomic E-state index is 10.2. The van der Waals surface area contributed by atoms with Crippen LogP contribution in [0, 0.1) is 25.2 Å². The summed E-state index contributed by atoms with van der Waals surface area (Å²) < 4.78 is 2.26. The van der Waals surface area contributed by atoms with E-state index >= 15 is 0 Å². The summed E-state index contributed by atoms with van der Waals surface area (Å²) in [4.78, 5) is 13.3. The first kappa shape index (κ1) is 24.4. The summed E-state index contributed by atoms with van der Waals surface area (Å²) in [6.45, 7) is 3.68. The normalized spacial score (nSPS) is 11.1. The van der Waals surface area contributed by atoms with Crippen molar-refractivity contribution in [2.24, 2.45) is 0 Å². The molecule has 0 saturated carbocycles. The number of nitriles is 1. The lowest BCUT2D eigenvalue weighted by Crippen LogP contribution is -2.01. The van der Waals surface area contributed by atoms with Gasteiger partial charge < -0.3 is 4.57 Å². The largest absolute Gasteiger partial charge is 0.309 e. The Morgan fingerprint density at radius 3 is 1.61 bits per heavy atom. The average Bonchev–Trinajstić information content (AvgIpc) is 3.34. The molecule has 0 aliphatic carbocycles. The molecule has 5 heteroatoms. The number of nitrogens with zero attached hydrogens (tertiary/aromatic N) is 5. The summed E-state index contributed by atoms with van der Waals surface area (Å²) in [6.07, 6.45) is 0. The molecule has 0 bridgehead atoms. The van der Waals surface area contributed by atoms with Crippen molar-refractivity contribution in [1.82, 2.24) is 19.5 Å². The Morgan fingerprint density at radius 1 is 0.561 bits per heavy atom. The van der Waals surface area contributed by atoms with E-state index in [2.05, 4.69) is 111 Å². The predicted molar refractivity (Wildman–Crippen MR) is 165 cm³/mol. The summed E-state index contributed by atoms with van der Waals surface area (Å²) in [5.41, 5.74) is 8.86. The van der Waals surface area contributed by atoms with Crippen molar-refractivity contribution in [3.63, 3.8) is 0 Å². The molecular formula is C36H25N5. The van der Waals surface area contributed by atoms with Crippen LogP contribution in [0.4, 0.5) is 0 Å². The van der Waals surface area contributed by atoms with E-state index in [0.717, 1.165) is 49.7 Å². The van der Waals surface area contributed by atoms with Gasteiger partial charge in [0.25, 0.3) is 0 Å². The molecule has 0 unspecified atom stereocenters. The van der Waals surface area contributed by atoms with Gasteiger partial charge in [0, 0.05) is 22.0 Å². The van der Waals surface area contributed by atoms with Gasteiger partial charge in [-0.3, -0.25) is 0 Å². The highest BCUT2D eigenvalue weighted by atomic mass is 15.0. The fourth-order valence-corrected chi connectivity index (χ4v) is 5.61. The highest BCUT2D eigenvalue weighted by Gasteiger charge is 2.17. The minimum atomic E-state index is 0.512. The highest BCUT2D eigenvalue weighted by Crippen LogP contribution is 2.37. The number of aromatic nitrogens is 4. The van der Waals surface area contributed by atoms with Crippen LogP contribution in [-0.2, 0) is 0 Å². The lowest BCUT2D eigenvalue weighted by atomic mass is 10.0. The lowest BCUT2D eigenvalue weighted by molar-refractivity contribution is 0.928. The minimum absolute atomic E-state index is 0.512. The van der Waals surface area contributed by atoms with Gasteiger partial charge in [-0.15, -0.1) is 0 Å². The van der Waals surface area contributed by atoms with Crippen molar-refractivity contribution in [2.75, 3.05) is 0 Å². The molecule has 2 aromatic heterocycles. The molecular weight excluding hydrogens is 502 g/mol. The molecule has 0 aliphatic heterocycles. The number of hydrogen-bond acceptors (Lipinski definition) is 4. The molecule has 7 rings (SSSR count). The number of fused-ring (bicyclic) bond motifs is 3. The third-order valence-electron chi connectivity index (χ3n) is 7.46. The van der Waals surface area contributed by atoms with Gasteiger partial charge in [0.2, 0.25) is 0 Å². The zero-order chi connectivity index (χ0) is 27.9. The molecule has 41 heavy (non-hydrogen) atoms. The van der Waals surface area contributed by atoms with E-state index in [-0.39, 0.29) is 0 Å². The number of hydrogen-bond donors (Lipinski definition) is 0. The molecule has 0 aliphatic rings. The maximum Gasteiger partial charge on any atom is 0.164 e. The van der Waals surface area contributed by atoms with Crippen LogP contribution in [0.1, 0.15) is 17.2 Å². The maximum atomic E-state index is 10.2. The summed E-state index contributed by atoms with van der Waals surface area (Å²) in [5, 5.41) is 12.5. The van der Waals surface area contributed by atoms with Gasteiger partial charge in [-0.25, -0.2) is 15.0 Å².